The second kappa shape index (κ2) is 6.09. The lowest BCUT2D eigenvalue weighted by atomic mass is 9.95. The molecule has 0 amide bonds. The van der Waals surface area contributed by atoms with E-state index in [1.807, 2.05) is 19.9 Å². The number of esters is 1. The number of rotatable bonds is 3. The smallest absolute Gasteiger partial charge is 0.349 e. The summed E-state index contributed by atoms with van der Waals surface area (Å²) in [6.45, 7) is 4.23. The van der Waals surface area contributed by atoms with Crippen molar-refractivity contribution in [3.63, 3.8) is 0 Å². The molecule has 0 aromatic rings. The van der Waals surface area contributed by atoms with E-state index in [0.717, 1.165) is 18.5 Å². The number of nitriles is 1. The third-order valence-corrected chi connectivity index (χ3v) is 2.46. The first-order valence-corrected chi connectivity index (χ1v) is 5.81. The lowest BCUT2D eigenvalue weighted by Gasteiger charge is -2.13. The molecular weight excluding hydrogens is 216 g/mol. The quantitative estimate of drug-likeness (QED) is 0.460. The van der Waals surface area contributed by atoms with Crippen LogP contribution in [-0.4, -0.2) is 12.6 Å². The Kier molecular flexibility index (Phi) is 4.77. The van der Waals surface area contributed by atoms with Crippen molar-refractivity contribution in [3.05, 3.63) is 22.9 Å². The van der Waals surface area contributed by atoms with Crippen molar-refractivity contribution in [1.29, 1.82) is 5.26 Å². The standard InChI is InChI=1S/C13H18N2O2/c1-9(2)8-17-13(16)12(7-14)10-4-3-5-11(15)6-10/h6,9H,3-5,8,15H2,1-2H3/b12-10-. The van der Waals surface area contributed by atoms with Crippen LogP contribution in [0.4, 0.5) is 0 Å². The van der Waals surface area contributed by atoms with E-state index in [1.165, 1.54) is 0 Å². The van der Waals surface area contributed by atoms with Crippen LogP contribution < -0.4 is 5.73 Å². The largest absolute Gasteiger partial charge is 0.461 e. The second-order valence-electron chi connectivity index (χ2n) is 4.58. The zero-order valence-electron chi connectivity index (χ0n) is 10.3. The molecule has 0 aromatic carbocycles. The molecule has 1 aliphatic rings. The number of hydrogen-bond acceptors (Lipinski definition) is 4. The average molecular weight is 234 g/mol. The average Bonchev–Trinajstić information content (AvgIpc) is 2.27. The molecular formula is C13H18N2O2. The third kappa shape index (κ3) is 3.95. The van der Waals surface area contributed by atoms with Crippen LogP contribution in [0.1, 0.15) is 33.1 Å². The highest BCUT2D eigenvalue weighted by Gasteiger charge is 2.18. The molecule has 1 rings (SSSR count). The maximum absolute atomic E-state index is 11.7. The van der Waals surface area contributed by atoms with Gasteiger partial charge in [-0.15, -0.1) is 0 Å². The number of carbonyl (C=O) groups excluding carboxylic acids is 1. The molecule has 1 aliphatic carbocycles. The predicted molar refractivity (Wildman–Crippen MR) is 64.6 cm³/mol. The Balaban J connectivity index is 2.84. The van der Waals surface area contributed by atoms with E-state index < -0.39 is 5.97 Å². The highest BCUT2D eigenvalue weighted by Crippen LogP contribution is 2.22. The van der Waals surface area contributed by atoms with Crippen LogP contribution in [0, 0.1) is 17.2 Å². The van der Waals surface area contributed by atoms with Gasteiger partial charge in [-0.25, -0.2) is 4.79 Å². The molecule has 0 atom stereocenters. The summed E-state index contributed by atoms with van der Waals surface area (Å²) in [4.78, 5) is 11.7. The first-order chi connectivity index (χ1) is 8.04. The van der Waals surface area contributed by atoms with Crippen molar-refractivity contribution in [3.8, 4) is 6.07 Å². The Morgan fingerprint density at radius 3 is 2.82 bits per heavy atom. The molecule has 4 nitrogen and oxygen atoms in total. The van der Waals surface area contributed by atoms with Gasteiger partial charge in [0.2, 0.25) is 0 Å². The Morgan fingerprint density at radius 2 is 2.29 bits per heavy atom. The Hall–Kier alpha value is -1.76. The summed E-state index contributed by atoms with van der Waals surface area (Å²) in [5.74, 6) is -0.280. The van der Waals surface area contributed by atoms with Crippen LogP contribution in [0.25, 0.3) is 0 Å². The first-order valence-electron chi connectivity index (χ1n) is 5.81. The minimum Gasteiger partial charge on any atom is -0.461 e. The van der Waals surface area contributed by atoms with Gasteiger partial charge >= 0.3 is 5.97 Å². The van der Waals surface area contributed by atoms with Gasteiger partial charge in [-0.05, 0) is 36.8 Å². The minimum atomic E-state index is -0.540. The normalized spacial score (nSPS) is 18.4. The van der Waals surface area contributed by atoms with E-state index in [9.17, 15) is 4.79 Å². The molecule has 0 aromatic heterocycles. The Labute approximate surface area is 102 Å². The number of ether oxygens (including phenoxy) is 1. The molecule has 17 heavy (non-hydrogen) atoms. The van der Waals surface area contributed by atoms with Crippen LogP contribution in [-0.2, 0) is 9.53 Å². The highest BCUT2D eigenvalue weighted by molar-refractivity contribution is 5.94. The van der Waals surface area contributed by atoms with E-state index in [4.69, 9.17) is 15.7 Å². The lowest BCUT2D eigenvalue weighted by Crippen LogP contribution is -2.14. The van der Waals surface area contributed by atoms with Gasteiger partial charge in [-0.1, -0.05) is 13.8 Å². The first kappa shape index (κ1) is 13.3. The summed E-state index contributed by atoms with van der Waals surface area (Å²) in [5.41, 5.74) is 7.21. The van der Waals surface area contributed by atoms with Crippen LogP contribution in [0.3, 0.4) is 0 Å². The molecule has 0 unspecified atom stereocenters. The van der Waals surface area contributed by atoms with Crippen LogP contribution in [0.5, 0.6) is 0 Å². The molecule has 0 heterocycles. The number of nitrogens with two attached hydrogens (primary N) is 1. The maximum Gasteiger partial charge on any atom is 0.349 e. The molecule has 0 radical (unpaired) electrons. The van der Waals surface area contributed by atoms with E-state index in [1.54, 1.807) is 6.08 Å². The SMILES string of the molecule is CC(C)COC(=O)/C(C#N)=C1\C=C(N)CCC1. The molecule has 0 fully saturated rings. The van der Waals surface area contributed by atoms with Crippen molar-refractivity contribution in [1.82, 2.24) is 0 Å². The Morgan fingerprint density at radius 1 is 1.59 bits per heavy atom. The zero-order valence-corrected chi connectivity index (χ0v) is 10.3. The van der Waals surface area contributed by atoms with Crippen LogP contribution >= 0.6 is 0 Å². The maximum atomic E-state index is 11.7. The van der Waals surface area contributed by atoms with Crippen molar-refractivity contribution in [2.24, 2.45) is 11.7 Å². The van der Waals surface area contributed by atoms with Crippen molar-refractivity contribution >= 4 is 5.97 Å². The van der Waals surface area contributed by atoms with Crippen LogP contribution in [0.15, 0.2) is 22.9 Å². The summed E-state index contributed by atoms with van der Waals surface area (Å²) < 4.78 is 5.06. The fourth-order valence-corrected chi connectivity index (χ4v) is 1.61. The molecule has 0 bridgehead atoms. The molecule has 0 aliphatic heterocycles. The molecule has 0 saturated carbocycles. The molecule has 4 heteroatoms. The van der Waals surface area contributed by atoms with Gasteiger partial charge in [0.25, 0.3) is 0 Å². The summed E-state index contributed by atoms with van der Waals surface area (Å²) in [6.07, 6.45) is 4.13. The number of nitrogens with zero attached hydrogens (tertiary/aromatic N) is 1. The third-order valence-electron chi connectivity index (χ3n) is 2.46. The lowest BCUT2D eigenvalue weighted by molar-refractivity contribution is -0.139. The van der Waals surface area contributed by atoms with Crippen molar-refractivity contribution in [2.75, 3.05) is 6.61 Å². The zero-order chi connectivity index (χ0) is 12.8. The summed E-state index contributed by atoms with van der Waals surface area (Å²) in [5, 5.41) is 9.02. The van der Waals surface area contributed by atoms with Gasteiger partial charge < -0.3 is 10.5 Å². The van der Waals surface area contributed by atoms with Gasteiger partial charge in [-0.3, -0.25) is 0 Å². The molecule has 0 saturated heterocycles. The van der Waals surface area contributed by atoms with E-state index in [2.05, 4.69) is 0 Å². The fraction of sp³-hybridized carbons (Fsp3) is 0.538. The summed E-state index contributed by atoms with van der Waals surface area (Å²) >= 11 is 0. The van der Waals surface area contributed by atoms with Gasteiger partial charge in [-0.2, -0.15) is 5.26 Å². The predicted octanol–water partition coefficient (Wildman–Crippen LogP) is 2.03. The van der Waals surface area contributed by atoms with Crippen molar-refractivity contribution in [2.45, 2.75) is 33.1 Å². The number of carbonyl (C=O) groups is 1. The number of hydrogen-bond donors (Lipinski definition) is 1. The number of allylic oxidation sites excluding steroid dienone is 3. The van der Waals surface area contributed by atoms with Gasteiger partial charge in [0.05, 0.1) is 6.61 Å². The van der Waals surface area contributed by atoms with Gasteiger partial charge in [0.1, 0.15) is 11.6 Å². The van der Waals surface area contributed by atoms with E-state index in [-0.39, 0.29) is 11.5 Å². The highest BCUT2D eigenvalue weighted by atomic mass is 16.5. The van der Waals surface area contributed by atoms with Gasteiger partial charge in [0.15, 0.2) is 0 Å². The minimum absolute atomic E-state index is 0.0910. The monoisotopic (exact) mass is 234 g/mol. The summed E-state index contributed by atoms with van der Waals surface area (Å²) in [7, 11) is 0. The molecule has 92 valence electrons. The second-order valence-corrected chi connectivity index (χ2v) is 4.58. The molecule has 2 N–H and O–H groups in total. The Bertz CT molecular complexity index is 400. The van der Waals surface area contributed by atoms with Crippen LogP contribution in [0.2, 0.25) is 0 Å². The fourth-order valence-electron chi connectivity index (χ4n) is 1.61. The van der Waals surface area contributed by atoms with Crippen molar-refractivity contribution < 1.29 is 9.53 Å². The van der Waals surface area contributed by atoms with Gasteiger partial charge in [0, 0.05) is 5.70 Å². The van der Waals surface area contributed by atoms with E-state index >= 15 is 0 Å². The molecule has 0 spiro atoms. The van der Waals surface area contributed by atoms with E-state index in [0.29, 0.717) is 18.6 Å². The topological polar surface area (TPSA) is 76.1 Å². The summed E-state index contributed by atoms with van der Waals surface area (Å²) in [6, 6.07) is 1.92.